The summed E-state index contributed by atoms with van der Waals surface area (Å²) in [6.45, 7) is 0.737. The first kappa shape index (κ1) is 13.9. The van der Waals surface area contributed by atoms with Gasteiger partial charge in [-0.25, -0.2) is 4.98 Å². The van der Waals surface area contributed by atoms with E-state index >= 15 is 0 Å². The first-order chi connectivity index (χ1) is 9.25. The van der Waals surface area contributed by atoms with Gasteiger partial charge in [-0.2, -0.15) is 0 Å². The smallest absolute Gasteiger partial charge is 0.170 e. The van der Waals surface area contributed by atoms with E-state index in [0.29, 0.717) is 5.11 Å². The highest BCUT2D eigenvalue weighted by atomic mass is 79.9. The van der Waals surface area contributed by atoms with Gasteiger partial charge in [0, 0.05) is 31.1 Å². The summed E-state index contributed by atoms with van der Waals surface area (Å²) in [6, 6.07) is 9.64. The van der Waals surface area contributed by atoms with Crippen LogP contribution in [0.5, 0.6) is 0 Å². The van der Waals surface area contributed by atoms with E-state index in [-0.39, 0.29) is 0 Å². The molecule has 0 aromatic carbocycles. The van der Waals surface area contributed by atoms with Gasteiger partial charge < -0.3 is 10.6 Å². The Balaban J connectivity index is 1.78. The molecule has 2 aromatic heterocycles. The second kappa shape index (κ2) is 7.16. The number of anilines is 1. The lowest BCUT2D eigenvalue weighted by atomic mass is 10.3. The maximum absolute atomic E-state index is 5.22. The fourth-order valence-corrected chi connectivity index (χ4v) is 2.06. The van der Waals surface area contributed by atoms with Crippen LogP contribution in [0.25, 0.3) is 0 Å². The largest absolute Gasteiger partial charge is 0.362 e. The summed E-state index contributed by atoms with van der Waals surface area (Å²) in [4.78, 5) is 8.37. The summed E-state index contributed by atoms with van der Waals surface area (Å²) in [5, 5.41) is 6.80. The Bertz CT molecular complexity index is 547. The third kappa shape index (κ3) is 4.57. The molecule has 0 aliphatic heterocycles. The average Bonchev–Trinajstić information content (AvgIpc) is 2.43. The lowest BCUT2D eigenvalue weighted by molar-refractivity contribution is 0.847. The van der Waals surface area contributed by atoms with E-state index in [4.69, 9.17) is 12.2 Å². The molecule has 2 rings (SSSR count). The van der Waals surface area contributed by atoms with Gasteiger partial charge in [0.2, 0.25) is 0 Å². The summed E-state index contributed by atoms with van der Waals surface area (Å²) in [7, 11) is 0. The molecule has 0 atom stereocenters. The maximum atomic E-state index is 5.22. The van der Waals surface area contributed by atoms with E-state index in [1.165, 1.54) is 0 Å². The number of nitrogens with one attached hydrogen (secondary N) is 2. The van der Waals surface area contributed by atoms with Gasteiger partial charge in [-0.15, -0.1) is 0 Å². The van der Waals surface area contributed by atoms with Crippen LogP contribution in [-0.4, -0.2) is 21.6 Å². The third-order valence-electron chi connectivity index (χ3n) is 2.40. The van der Waals surface area contributed by atoms with Crippen LogP contribution in [0, 0.1) is 0 Å². The van der Waals surface area contributed by atoms with Gasteiger partial charge in [0.15, 0.2) is 5.11 Å². The molecule has 0 radical (unpaired) electrons. The van der Waals surface area contributed by atoms with Crippen LogP contribution < -0.4 is 10.6 Å². The third-order valence-corrected chi connectivity index (χ3v) is 3.28. The molecule has 98 valence electrons. The van der Waals surface area contributed by atoms with Crippen molar-refractivity contribution >= 4 is 38.9 Å². The van der Waals surface area contributed by atoms with Crippen LogP contribution >= 0.6 is 28.1 Å². The molecule has 0 saturated carbocycles. The molecule has 0 unspecified atom stereocenters. The topological polar surface area (TPSA) is 49.8 Å². The van der Waals surface area contributed by atoms with Gasteiger partial charge in [0.05, 0.1) is 5.69 Å². The van der Waals surface area contributed by atoms with Gasteiger partial charge in [0.25, 0.3) is 0 Å². The van der Waals surface area contributed by atoms with Crippen LogP contribution in [0.1, 0.15) is 5.69 Å². The lowest BCUT2D eigenvalue weighted by Crippen LogP contribution is -2.30. The van der Waals surface area contributed by atoms with Crippen molar-refractivity contribution < 1.29 is 0 Å². The van der Waals surface area contributed by atoms with E-state index in [9.17, 15) is 0 Å². The molecule has 0 aliphatic carbocycles. The van der Waals surface area contributed by atoms with Gasteiger partial charge in [-0.05, 0) is 52.4 Å². The fraction of sp³-hybridized carbons (Fsp3) is 0.154. The molecule has 4 nitrogen and oxygen atoms in total. The Morgan fingerprint density at radius 3 is 2.74 bits per heavy atom. The standard InChI is InChI=1S/C13H13BrN4S/c14-12-11(5-3-8-16-12)18-13(19)17-9-6-10-4-1-2-7-15-10/h1-5,7-8H,6,9H2,(H2,17,18,19). The minimum atomic E-state index is 0.574. The molecule has 0 spiro atoms. The van der Waals surface area contributed by atoms with Crippen molar-refractivity contribution in [3.8, 4) is 0 Å². The molecule has 0 fully saturated rings. The molecule has 2 heterocycles. The Morgan fingerprint density at radius 1 is 1.16 bits per heavy atom. The number of pyridine rings is 2. The fourth-order valence-electron chi connectivity index (χ4n) is 1.50. The maximum Gasteiger partial charge on any atom is 0.170 e. The highest BCUT2D eigenvalue weighted by Gasteiger charge is 2.02. The van der Waals surface area contributed by atoms with E-state index in [1.807, 2.05) is 30.3 Å². The van der Waals surface area contributed by atoms with Crippen molar-refractivity contribution in [2.45, 2.75) is 6.42 Å². The number of rotatable bonds is 4. The van der Waals surface area contributed by atoms with Crippen LogP contribution in [0.2, 0.25) is 0 Å². The highest BCUT2D eigenvalue weighted by Crippen LogP contribution is 2.17. The summed E-state index contributed by atoms with van der Waals surface area (Å²) < 4.78 is 0.740. The van der Waals surface area contributed by atoms with Crippen LogP contribution in [0.15, 0.2) is 47.3 Å². The van der Waals surface area contributed by atoms with Gasteiger partial charge in [-0.3, -0.25) is 4.98 Å². The first-order valence-electron chi connectivity index (χ1n) is 5.81. The van der Waals surface area contributed by atoms with Gasteiger partial charge in [-0.1, -0.05) is 6.07 Å². The van der Waals surface area contributed by atoms with Crippen molar-refractivity contribution in [1.29, 1.82) is 0 Å². The Kier molecular flexibility index (Phi) is 5.23. The molecule has 2 N–H and O–H groups in total. The van der Waals surface area contributed by atoms with E-state index in [2.05, 4.69) is 36.5 Å². The molecule has 0 bridgehead atoms. The van der Waals surface area contributed by atoms with Crippen molar-refractivity contribution in [1.82, 2.24) is 15.3 Å². The molecule has 6 heteroatoms. The second-order valence-corrected chi connectivity index (χ2v) is 4.95. The first-order valence-corrected chi connectivity index (χ1v) is 7.01. The Hall–Kier alpha value is -1.53. The lowest BCUT2D eigenvalue weighted by Gasteiger charge is -2.10. The zero-order chi connectivity index (χ0) is 13.5. The molecular weight excluding hydrogens is 324 g/mol. The van der Waals surface area contributed by atoms with Crippen molar-refractivity contribution in [2.75, 3.05) is 11.9 Å². The molecular formula is C13H13BrN4S. The van der Waals surface area contributed by atoms with Crippen molar-refractivity contribution in [3.63, 3.8) is 0 Å². The number of aromatic nitrogens is 2. The van der Waals surface area contributed by atoms with Gasteiger partial charge in [0.1, 0.15) is 4.60 Å². The SMILES string of the molecule is S=C(NCCc1ccccn1)Nc1cccnc1Br. The van der Waals surface area contributed by atoms with Crippen molar-refractivity contribution in [3.05, 3.63) is 53.0 Å². The quantitative estimate of drug-likeness (QED) is 0.664. The summed E-state index contributed by atoms with van der Waals surface area (Å²) in [5.41, 5.74) is 1.89. The van der Waals surface area contributed by atoms with E-state index in [1.54, 1.807) is 12.4 Å². The number of hydrogen-bond donors (Lipinski definition) is 2. The second-order valence-electron chi connectivity index (χ2n) is 3.79. The number of nitrogens with zero attached hydrogens (tertiary/aromatic N) is 2. The monoisotopic (exact) mass is 336 g/mol. The molecule has 19 heavy (non-hydrogen) atoms. The number of hydrogen-bond acceptors (Lipinski definition) is 3. The Morgan fingerprint density at radius 2 is 2.00 bits per heavy atom. The molecule has 2 aromatic rings. The minimum Gasteiger partial charge on any atom is -0.362 e. The Labute approximate surface area is 125 Å². The average molecular weight is 337 g/mol. The van der Waals surface area contributed by atoms with E-state index < -0.39 is 0 Å². The van der Waals surface area contributed by atoms with Crippen LogP contribution in [0.4, 0.5) is 5.69 Å². The molecule has 0 saturated heterocycles. The zero-order valence-corrected chi connectivity index (χ0v) is 12.5. The minimum absolute atomic E-state index is 0.574. The zero-order valence-electron chi connectivity index (χ0n) is 10.1. The summed E-state index contributed by atoms with van der Waals surface area (Å²) in [5.74, 6) is 0. The highest BCUT2D eigenvalue weighted by molar-refractivity contribution is 9.10. The number of thiocarbonyl (C=S) groups is 1. The summed E-state index contributed by atoms with van der Waals surface area (Å²) >= 11 is 8.58. The number of halogens is 1. The predicted molar refractivity (Wildman–Crippen MR) is 84.1 cm³/mol. The van der Waals surface area contributed by atoms with Gasteiger partial charge >= 0.3 is 0 Å². The predicted octanol–water partition coefficient (Wildman–Crippen LogP) is 2.77. The summed E-state index contributed by atoms with van der Waals surface area (Å²) in [6.07, 6.45) is 4.34. The normalized spacial score (nSPS) is 9.95. The van der Waals surface area contributed by atoms with E-state index in [0.717, 1.165) is 29.0 Å². The molecule has 0 amide bonds. The van der Waals surface area contributed by atoms with Crippen LogP contribution in [0.3, 0.4) is 0 Å². The van der Waals surface area contributed by atoms with Crippen molar-refractivity contribution in [2.24, 2.45) is 0 Å². The van der Waals surface area contributed by atoms with Crippen LogP contribution in [-0.2, 0) is 6.42 Å². The molecule has 0 aliphatic rings.